The van der Waals surface area contributed by atoms with Crippen molar-refractivity contribution < 1.29 is 27.4 Å². The summed E-state index contributed by atoms with van der Waals surface area (Å²) in [4.78, 5) is 13.2. The van der Waals surface area contributed by atoms with Crippen LogP contribution in [0, 0.1) is 0 Å². The van der Waals surface area contributed by atoms with Gasteiger partial charge in [0.15, 0.2) is 11.5 Å². The molecule has 2 atom stereocenters. The van der Waals surface area contributed by atoms with Crippen molar-refractivity contribution >= 4 is 15.9 Å². The van der Waals surface area contributed by atoms with Crippen LogP contribution in [0.15, 0.2) is 77.7 Å². The van der Waals surface area contributed by atoms with Crippen molar-refractivity contribution in [1.29, 1.82) is 0 Å². The van der Waals surface area contributed by atoms with Gasteiger partial charge in [0, 0.05) is 6.07 Å². The predicted octanol–water partition coefficient (Wildman–Crippen LogP) is 3.48. The molecule has 0 saturated heterocycles. The second kappa shape index (κ2) is 11.7. The summed E-state index contributed by atoms with van der Waals surface area (Å²) in [5, 5.41) is 2.92. The van der Waals surface area contributed by atoms with Crippen LogP contribution in [0.2, 0.25) is 0 Å². The average molecular weight is 499 g/mol. The number of ether oxygens (including phenoxy) is 3. The highest BCUT2D eigenvalue weighted by Crippen LogP contribution is 2.29. The molecule has 35 heavy (non-hydrogen) atoms. The van der Waals surface area contributed by atoms with Gasteiger partial charge in [-0.3, -0.25) is 4.79 Å². The molecule has 0 unspecified atom stereocenters. The van der Waals surface area contributed by atoms with Crippen LogP contribution in [-0.2, 0) is 21.2 Å². The van der Waals surface area contributed by atoms with E-state index < -0.39 is 22.0 Å². The first-order valence-corrected chi connectivity index (χ1v) is 12.5. The molecule has 1 amide bonds. The molecule has 0 bridgehead atoms. The fourth-order valence-electron chi connectivity index (χ4n) is 3.57. The predicted molar refractivity (Wildman–Crippen MR) is 133 cm³/mol. The van der Waals surface area contributed by atoms with Gasteiger partial charge in [-0.1, -0.05) is 42.5 Å². The molecule has 0 aromatic heterocycles. The summed E-state index contributed by atoms with van der Waals surface area (Å²) in [7, 11) is 0.419. The van der Waals surface area contributed by atoms with E-state index in [1.807, 2.05) is 49.4 Å². The molecule has 2 N–H and O–H groups in total. The van der Waals surface area contributed by atoms with Crippen molar-refractivity contribution in [3.05, 3.63) is 83.9 Å². The second-order valence-corrected chi connectivity index (χ2v) is 9.60. The van der Waals surface area contributed by atoms with Crippen LogP contribution in [0.5, 0.6) is 17.2 Å². The summed E-state index contributed by atoms with van der Waals surface area (Å²) in [5.74, 6) is 0.934. The molecule has 9 heteroatoms. The molecular weight excluding hydrogens is 468 g/mol. The van der Waals surface area contributed by atoms with Crippen molar-refractivity contribution in [2.45, 2.75) is 30.3 Å². The third kappa shape index (κ3) is 6.74. The number of carbonyl (C=O) groups excluding carboxylic acids is 1. The topological polar surface area (TPSA) is 103 Å². The van der Waals surface area contributed by atoms with Gasteiger partial charge in [-0.2, -0.15) is 4.72 Å². The maximum absolute atomic E-state index is 13.3. The Morgan fingerprint density at radius 1 is 0.857 bits per heavy atom. The summed E-state index contributed by atoms with van der Waals surface area (Å²) in [5.41, 5.74) is 1.68. The number of sulfonamides is 1. The largest absolute Gasteiger partial charge is 0.497 e. The summed E-state index contributed by atoms with van der Waals surface area (Å²) >= 11 is 0. The van der Waals surface area contributed by atoms with Crippen LogP contribution in [0.4, 0.5) is 0 Å². The molecule has 0 saturated carbocycles. The standard InChI is InChI=1S/C26H30N2O6S/c1-18(20-10-12-21(32-2)13-11-20)27-26(29)23(16-19-8-6-5-7-9-19)28-35(30,31)22-14-15-24(33-3)25(17-22)34-4/h5-15,17-18,23,28H,16H2,1-4H3,(H,27,29)/t18-,23+/m0/s1. The highest BCUT2D eigenvalue weighted by Gasteiger charge is 2.28. The Morgan fingerprint density at radius 3 is 2.11 bits per heavy atom. The SMILES string of the molecule is COc1ccc([C@H](C)NC(=O)[C@@H](Cc2ccccc2)NS(=O)(=O)c2ccc(OC)c(OC)c2)cc1. The molecule has 8 nitrogen and oxygen atoms in total. The van der Waals surface area contributed by atoms with Crippen LogP contribution in [0.3, 0.4) is 0 Å². The summed E-state index contributed by atoms with van der Waals surface area (Å²) in [6.07, 6.45) is 0.175. The molecule has 0 aliphatic carbocycles. The zero-order chi connectivity index (χ0) is 25.4. The molecule has 0 heterocycles. The van der Waals surface area contributed by atoms with Gasteiger partial charge in [-0.25, -0.2) is 8.42 Å². The lowest BCUT2D eigenvalue weighted by Gasteiger charge is -2.22. The maximum atomic E-state index is 13.3. The molecule has 3 aromatic carbocycles. The van der Waals surface area contributed by atoms with Gasteiger partial charge in [0.1, 0.15) is 11.8 Å². The summed E-state index contributed by atoms with van der Waals surface area (Å²) < 4.78 is 44.6. The Bertz CT molecular complexity index is 1230. The Balaban J connectivity index is 1.85. The molecule has 0 fully saturated rings. The van der Waals surface area contributed by atoms with Crippen LogP contribution in [0.1, 0.15) is 24.1 Å². The van der Waals surface area contributed by atoms with E-state index >= 15 is 0 Å². The van der Waals surface area contributed by atoms with Gasteiger partial charge in [0.25, 0.3) is 0 Å². The molecular formula is C26H30N2O6S. The fourth-order valence-corrected chi connectivity index (χ4v) is 4.78. The van der Waals surface area contributed by atoms with Crippen LogP contribution in [0.25, 0.3) is 0 Å². The highest BCUT2D eigenvalue weighted by molar-refractivity contribution is 7.89. The van der Waals surface area contributed by atoms with Gasteiger partial charge in [-0.15, -0.1) is 0 Å². The highest BCUT2D eigenvalue weighted by atomic mass is 32.2. The molecule has 0 radical (unpaired) electrons. The maximum Gasteiger partial charge on any atom is 0.241 e. The quantitative estimate of drug-likeness (QED) is 0.420. The normalized spacial score (nSPS) is 12.9. The van der Waals surface area contributed by atoms with E-state index in [0.29, 0.717) is 11.5 Å². The Morgan fingerprint density at radius 2 is 1.51 bits per heavy atom. The first-order valence-electron chi connectivity index (χ1n) is 11.0. The van der Waals surface area contributed by atoms with Crippen LogP contribution < -0.4 is 24.2 Å². The van der Waals surface area contributed by atoms with E-state index in [9.17, 15) is 13.2 Å². The summed E-state index contributed by atoms with van der Waals surface area (Å²) in [6, 6.07) is 19.4. The third-order valence-electron chi connectivity index (χ3n) is 5.54. The van der Waals surface area contributed by atoms with Gasteiger partial charge < -0.3 is 19.5 Å². The molecule has 0 aliphatic heterocycles. The van der Waals surface area contributed by atoms with Gasteiger partial charge in [0.2, 0.25) is 15.9 Å². The van der Waals surface area contributed by atoms with Gasteiger partial charge >= 0.3 is 0 Å². The van der Waals surface area contributed by atoms with Crippen molar-refractivity contribution in [3.63, 3.8) is 0 Å². The van der Waals surface area contributed by atoms with Crippen molar-refractivity contribution in [2.24, 2.45) is 0 Å². The fraction of sp³-hybridized carbons (Fsp3) is 0.269. The van der Waals surface area contributed by atoms with Crippen LogP contribution in [-0.4, -0.2) is 41.7 Å². The van der Waals surface area contributed by atoms with E-state index in [1.165, 1.54) is 32.4 Å². The van der Waals surface area contributed by atoms with Crippen molar-refractivity contribution in [3.8, 4) is 17.2 Å². The third-order valence-corrected chi connectivity index (χ3v) is 7.01. The molecule has 3 rings (SSSR count). The number of hydrogen-bond donors (Lipinski definition) is 2. The van der Waals surface area contributed by atoms with E-state index in [4.69, 9.17) is 14.2 Å². The van der Waals surface area contributed by atoms with Crippen molar-refractivity contribution in [1.82, 2.24) is 10.0 Å². The number of amides is 1. The van der Waals surface area contributed by atoms with Gasteiger partial charge in [-0.05, 0) is 48.7 Å². The molecule has 0 aliphatic rings. The van der Waals surface area contributed by atoms with E-state index in [1.54, 1.807) is 19.2 Å². The zero-order valence-corrected chi connectivity index (χ0v) is 21.0. The second-order valence-electron chi connectivity index (χ2n) is 7.88. The summed E-state index contributed by atoms with van der Waals surface area (Å²) in [6.45, 7) is 1.84. The number of benzene rings is 3. The zero-order valence-electron chi connectivity index (χ0n) is 20.1. The van der Waals surface area contributed by atoms with E-state index in [-0.39, 0.29) is 23.1 Å². The van der Waals surface area contributed by atoms with E-state index in [2.05, 4.69) is 10.0 Å². The number of hydrogen-bond acceptors (Lipinski definition) is 6. The molecule has 186 valence electrons. The van der Waals surface area contributed by atoms with E-state index in [0.717, 1.165) is 11.1 Å². The minimum atomic E-state index is -4.05. The Kier molecular flexibility index (Phi) is 8.73. The molecule has 0 spiro atoms. The number of rotatable bonds is 11. The lowest BCUT2D eigenvalue weighted by molar-refractivity contribution is -0.123. The first kappa shape index (κ1) is 26.1. The lowest BCUT2D eigenvalue weighted by atomic mass is 10.0. The van der Waals surface area contributed by atoms with Gasteiger partial charge in [0.05, 0.1) is 32.3 Å². The van der Waals surface area contributed by atoms with Crippen LogP contribution >= 0.6 is 0 Å². The minimum Gasteiger partial charge on any atom is -0.497 e. The smallest absolute Gasteiger partial charge is 0.241 e. The number of carbonyl (C=O) groups is 1. The first-order chi connectivity index (χ1) is 16.8. The minimum absolute atomic E-state index is 0.0378. The lowest BCUT2D eigenvalue weighted by Crippen LogP contribution is -2.48. The average Bonchev–Trinajstić information content (AvgIpc) is 2.88. The molecule has 3 aromatic rings. The Labute approximate surface area is 206 Å². The van der Waals surface area contributed by atoms with Crippen molar-refractivity contribution in [2.75, 3.05) is 21.3 Å². The monoisotopic (exact) mass is 498 g/mol. The Hall–Kier alpha value is -3.56. The number of nitrogens with one attached hydrogen (secondary N) is 2. The number of methoxy groups -OCH3 is 3.